The average molecular weight is 352 g/mol. The minimum Gasteiger partial charge on any atom is -0.481 e. The van der Waals surface area contributed by atoms with Crippen molar-refractivity contribution < 1.29 is 24.6 Å². The summed E-state index contributed by atoms with van der Waals surface area (Å²) in [7, 11) is 0. The van der Waals surface area contributed by atoms with Crippen LogP contribution in [0, 0.1) is 11.8 Å². The standard InChI is InChI=1S/C20H32O5/c1-3-4-5-6-7-8-11-19(16(2)22)17(15-21)13-14-18(23)10-9-12-20(24)25/h7-8,13-15,17-19,23H,3-6,9-12H2,1-2H3,(H,24,25)/b8-7-,14-13+/t17-,18-,19+/m0/s1. The number of aliphatic carboxylic acids is 1. The van der Waals surface area contributed by atoms with E-state index in [0.717, 1.165) is 25.5 Å². The summed E-state index contributed by atoms with van der Waals surface area (Å²) in [6.07, 6.45) is 12.6. The molecule has 0 saturated carbocycles. The van der Waals surface area contributed by atoms with Gasteiger partial charge in [0, 0.05) is 18.3 Å². The molecular formula is C20H32O5. The number of rotatable bonds is 15. The second-order valence-corrected chi connectivity index (χ2v) is 6.37. The molecule has 0 aliphatic heterocycles. The van der Waals surface area contributed by atoms with Crippen molar-refractivity contribution >= 4 is 18.0 Å². The molecule has 0 saturated heterocycles. The van der Waals surface area contributed by atoms with E-state index in [0.29, 0.717) is 19.3 Å². The van der Waals surface area contributed by atoms with Crippen LogP contribution in [-0.2, 0) is 14.4 Å². The van der Waals surface area contributed by atoms with Gasteiger partial charge in [-0.3, -0.25) is 9.59 Å². The molecule has 142 valence electrons. The van der Waals surface area contributed by atoms with E-state index in [1.165, 1.54) is 19.4 Å². The third-order valence-corrected chi connectivity index (χ3v) is 4.12. The highest BCUT2D eigenvalue weighted by molar-refractivity contribution is 5.82. The maximum atomic E-state index is 11.8. The number of carbonyl (C=O) groups is 3. The summed E-state index contributed by atoms with van der Waals surface area (Å²) in [5.41, 5.74) is 0. The summed E-state index contributed by atoms with van der Waals surface area (Å²) < 4.78 is 0. The Labute approximate surface area is 150 Å². The molecule has 2 N–H and O–H groups in total. The van der Waals surface area contributed by atoms with Crippen LogP contribution < -0.4 is 0 Å². The molecule has 5 heteroatoms. The fraction of sp³-hybridized carbons (Fsp3) is 0.650. The van der Waals surface area contributed by atoms with Crippen molar-refractivity contribution in [3.05, 3.63) is 24.3 Å². The first-order valence-electron chi connectivity index (χ1n) is 9.11. The molecule has 5 nitrogen and oxygen atoms in total. The maximum Gasteiger partial charge on any atom is 0.303 e. The lowest BCUT2D eigenvalue weighted by atomic mass is 9.86. The molecule has 0 aromatic rings. The van der Waals surface area contributed by atoms with Crippen molar-refractivity contribution in [3.63, 3.8) is 0 Å². The topological polar surface area (TPSA) is 91.7 Å². The quantitative estimate of drug-likeness (QED) is 0.266. The van der Waals surface area contributed by atoms with Crippen LogP contribution in [0.1, 0.15) is 65.2 Å². The van der Waals surface area contributed by atoms with Crippen molar-refractivity contribution in [2.45, 2.75) is 71.3 Å². The zero-order valence-corrected chi connectivity index (χ0v) is 15.4. The first kappa shape index (κ1) is 23.2. The van der Waals surface area contributed by atoms with Gasteiger partial charge < -0.3 is 15.0 Å². The van der Waals surface area contributed by atoms with E-state index in [-0.39, 0.29) is 12.2 Å². The van der Waals surface area contributed by atoms with E-state index in [9.17, 15) is 19.5 Å². The smallest absolute Gasteiger partial charge is 0.303 e. The van der Waals surface area contributed by atoms with E-state index in [1.54, 1.807) is 6.08 Å². The first-order chi connectivity index (χ1) is 11.9. The Hall–Kier alpha value is -1.75. The number of carbonyl (C=O) groups excluding carboxylic acids is 2. The number of unbranched alkanes of at least 4 members (excludes halogenated alkanes) is 3. The molecule has 25 heavy (non-hydrogen) atoms. The Morgan fingerprint density at radius 3 is 2.36 bits per heavy atom. The molecule has 0 rings (SSSR count). The van der Waals surface area contributed by atoms with Gasteiger partial charge >= 0.3 is 5.97 Å². The van der Waals surface area contributed by atoms with Crippen LogP contribution in [0.3, 0.4) is 0 Å². The Bertz CT molecular complexity index is 453. The van der Waals surface area contributed by atoms with Crippen LogP contribution in [-0.4, -0.2) is 34.4 Å². The number of Topliss-reactive ketones (excluding diaryl/α,β-unsaturated/α-hetero) is 1. The van der Waals surface area contributed by atoms with Gasteiger partial charge in [0.05, 0.1) is 6.10 Å². The number of aliphatic hydroxyl groups excluding tert-OH is 1. The fourth-order valence-electron chi connectivity index (χ4n) is 2.56. The molecule has 0 radical (unpaired) electrons. The van der Waals surface area contributed by atoms with Gasteiger partial charge in [0.2, 0.25) is 0 Å². The van der Waals surface area contributed by atoms with Gasteiger partial charge in [-0.05, 0) is 39.0 Å². The SMILES string of the molecule is CCCCC/C=C\C[C@H](C(C)=O)[C@H](C=O)/C=C/[C@@H](O)CCCC(=O)O. The monoisotopic (exact) mass is 352 g/mol. The molecule has 0 bridgehead atoms. The summed E-state index contributed by atoms with van der Waals surface area (Å²) in [5.74, 6) is -1.96. The summed E-state index contributed by atoms with van der Waals surface area (Å²) >= 11 is 0. The number of carboxylic acids is 1. The Morgan fingerprint density at radius 2 is 1.80 bits per heavy atom. The number of ketones is 1. The van der Waals surface area contributed by atoms with E-state index < -0.39 is 23.9 Å². The molecule has 0 aliphatic rings. The van der Waals surface area contributed by atoms with Gasteiger partial charge in [0.15, 0.2) is 0 Å². The molecule has 0 unspecified atom stereocenters. The molecule has 3 atom stereocenters. The van der Waals surface area contributed by atoms with Gasteiger partial charge in [-0.15, -0.1) is 0 Å². The largest absolute Gasteiger partial charge is 0.481 e. The minimum atomic E-state index is -0.899. The van der Waals surface area contributed by atoms with Crippen LogP contribution in [0.4, 0.5) is 0 Å². The van der Waals surface area contributed by atoms with E-state index >= 15 is 0 Å². The third kappa shape index (κ3) is 12.3. The zero-order chi connectivity index (χ0) is 19.1. The number of aliphatic hydroxyl groups is 1. The van der Waals surface area contributed by atoms with E-state index in [2.05, 4.69) is 13.0 Å². The predicted molar refractivity (Wildman–Crippen MR) is 98.3 cm³/mol. The maximum absolute atomic E-state index is 11.8. The van der Waals surface area contributed by atoms with Crippen molar-refractivity contribution in [1.29, 1.82) is 0 Å². The van der Waals surface area contributed by atoms with Crippen molar-refractivity contribution in [1.82, 2.24) is 0 Å². The zero-order valence-electron chi connectivity index (χ0n) is 15.4. The summed E-state index contributed by atoms with van der Waals surface area (Å²) in [4.78, 5) is 33.7. The van der Waals surface area contributed by atoms with Crippen molar-refractivity contribution in [2.24, 2.45) is 11.8 Å². The fourth-order valence-corrected chi connectivity index (χ4v) is 2.56. The number of carboxylic acid groups (broad SMARTS) is 1. The normalized spacial score (nSPS) is 15.3. The van der Waals surface area contributed by atoms with Gasteiger partial charge in [0.25, 0.3) is 0 Å². The highest BCUT2D eigenvalue weighted by Gasteiger charge is 2.22. The number of hydrogen-bond acceptors (Lipinski definition) is 4. The second-order valence-electron chi connectivity index (χ2n) is 6.37. The first-order valence-corrected chi connectivity index (χ1v) is 9.11. The number of allylic oxidation sites excluding steroid dienone is 3. The summed E-state index contributed by atoms with van der Waals surface area (Å²) in [5, 5.41) is 18.4. The van der Waals surface area contributed by atoms with Crippen LogP contribution in [0.5, 0.6) is 0 Å². The Balaban J connectivity index is 4.54. The Morgan fingerprint density at radius 1 is 1.08 bits per heavy atom. The van der Waals surface area contributed by atoms with Gasteiger partial charge in [-0.2, -0.15) is 0 Å². The molecule has 0 amide bonds. The minimum absolute atomic E-state index is 0.000899. The molecule has 0 aliphatic carbocycles. The molecule has 0 aromatic heterocycles. The van der Waals surface area contributed by atoms with Crippen LogP contribution in [0.2, 0.25) is 0 Å². The Kier molecular flexibility index (Phi) is 13.6. The second kappa shape index (κ2) is 14.6. The molecule has 0 aromatic carbocycles. The van der Waals surface area contributed by atoms with Crippen molar-refractivity contribution in [3.8, 4) is 0 Å². The van der Waals surface area contributed by atoms with E-state index in [4.69, 9.17) is 5.11 Å². The van der Waals surface area contributed by atoms with Gasteiger partial charge in [-0.1, -0.05) is 44.1 Å². The molecule has 0 spiro atoms. The lowest BCUT2D eigenvalue weighted by Crippen LogP contribution is -2.21. The van der Waals surface area contributed by atoms with Crippen molar-refractivity contribution in [2.75, 3.05) is 0 Å². The number of hydrogen-bond donors (Lipinski definition) is 2. The lowest BCUT2D eigenvalue weighted by Gasteiger charge is -2.16. The van der Waals surface area contributed by atoms with Crippen LogP contribution in [0.15, 0.2) is 24.3 Å². The predicted octanol–water partition coefficient (Wildman–Crippen LogP) is 3.71. The molecular weight excluding hydrogens is 320 g/mol. The van der Waals surface area contributed by atoms with Crippen LogP contribution in [0.25, 0.3) is 0 Å². The number of aldehydes is 1. The molecule has 0 heterocycles. The van der Waals surface area contributed by atoms with E-state index in [1.807, 2.05) is 6.08 Å². The summed E-state index contributed by atoms with van der Waals surface area (Å²) in [6.45, 7) is 3.62. The van der Waals surface area contributed by atoms with Gasteiger partial charge in [0.1, 0.15) is 12.1 Å². The van der Waals surface area contributed by atoms with Gasteiger partial charge in [-0.25, -0.2) is 0 Å². The lowest BCUT2D eigenvalue weighted by molar-refractivity contribution is -0.137. The third-order valence-electron chi connectivity index (χ3n) is 4.12. The average Bonchev–Trinajstić information content (AvgIpc) is 2.55. The highest BCUT2D eigenvalue weighted by atomic mass is 16.4. The summed E-state index contributed by atoms with van der Waals surface area (Å²) in [6, 6.07) is 0. The van der Waals surface area contributed by atoms with Crippen LogP contribution >= 0.6 is 0 Å². The molecule has 0 fully saturated rings. The highest BCUT2D eigenvalue weighted by Crippen LogP contribution is 2.19.